The molecule has 0 radical (unpaired) electrons. The Bertz CT molecular complexity index is 128. The van der Waals surface area contributed by atoms with Gasteiger partial charge in [-0.2, -0.15) is 0 Å². The van der Waals surface area contributed by atoms with Gasteiger partial charge < -0.3 is 5.32 Å². The van der Waals surface area contributed by atoms with Crippen LogP contribution in [-0.4, -0.2) is 12.1 Å². The molecule has 1 aliphatic rings. The highest BCUT2D eigenvalue weighted by Crippen LogP contribution is 2.39. The van der Waals surface area contributed by atoms with Gasteiger partial charge in [-0.1, -0.05) is 13.3 Å². The second-order valence-electron chi connectivity index (χ2n) is 5.27. The fourth-order valence-corrected chi connectivity index (χ4v) is 1.44. The van der Waals surface area contributed by atoms with Crippen LogP contribution in [0.5, 0.6) is 0 Å². The minimum atomic E-state index is 0.290. The van der Waals surface area contributed by atoms with Gasteiger partial charge in [-0.3, -0.25) is 0 Å². The summed E-state index contributed by atoms with van der Waals surface area (Å²) in [6, 6.07) is 0. The van der Waals surface area contributed by atoms with Gasteiger partial charge in [0.25, 0.3) is 0 Å². The zero-order valence-electron chi connectivity index (χ0n) is 8.33. The predicted octanol–water partition coefficient (Wildman–Crippen LogP) is 2.56. The summed E-state index contributed by atoms with van der Waals surface area (Å²) in [6.07, 6.45) is 4.26. The Morgan fingerprint density at radius 3 is 2.09 bits per heavy atom. The second kappa shape index (κ2) is 2.78. The molecule has 0 heterocycles. The molecule has 0 aromatic rings. The molecule has 1 aliphatic carbocycles. The van der Waals surface area contributed by atoms with Crippen LogP contribution >= 0.6 is 0 Å². The molecule has 0 spiro atoms. The van der Waals surface area contributed by atoms with Crippen molar-refractivity contribution in [3.63, 3.8) is 0 Å². The topological polar surface area (TPSA) is 12.0 Å². The SMILES string of the molecule is CC1(CNC(C)(C)C)CCC1. The largest absolute Gasteiger partial charge is 0.312 e. The average molecular weight is 155 g/mol. The van der Waals surface area contributed by atoms with E-state index >= 15 is 0 Å². The molecular weight excluding hydrogens is 134 g/mol. The van der Waals surface area contributed by atoms with Crippen molar-refractivity contribution in [3.05, 3.63) is 0 Å². The summed E-state index contributed by atoms with van der Waals surface area (Å²) in [5.41, 5.74) is 0.909. The molecule has 1 nitrogen and oxygen atoms in total. The molecule has 0 aromatic carbocycles. The Morgan fingerprint density at radius 1 is 1.27 bits per heavy atom. The smallest absolute Gasteiger partial charge is 0.00967 e. The summed E-state index contributed by atoms with van der Waals surface area (Å²) in [7, 11) is 0. The van der Waals surface area contributed by atoms with E-state index in [1.54, 1.807) is 0 Å². The molecule has 0 aliphatic heterocycles. The van der Waals surface area contributed by atoms with Crippen LogP contribution in [0.2, 0.25) is 0 Å². The molecule has 1 fully saturated rings. The van der Waals surface area contributed by atoms with E-state index in [2.05, 4.69) is 33.0 Å². The van der Waals surface area contributed by atoms with Crippen molar-refractivity contribution < 1.29 is 0 Å². The summed E-state index contributed by atoms with van der Waals surface area (Å²) in [6.45, 7) is 10.3. The monoisotopic (exact) mass is 155 g/mol. The van der Waals surface area contributed by atoms with E-state index in [1.807, 2.05) is 0 Å². The summed E-state index contributed by atoms with van der Waals surface area (Å²) in [5.74, 6) is 0. The van der Waals surface area contributed by atoms with Gasteiger partial charge in [0.2, 0.25) is 0 Å². The van der Waals surface area contributed by atoms with Gasteiger partial charge in [-0.15, -0.1) is 0 Å². The summed E-state index contributed by atoms with van der Waals surface area (Å²) in [5, 5.41) is 3.56. The summed E-state index contributed by atoms with van der Waals surface area (Å²) in [4.78, 5) is 0. The van der Waals surface area contributed by atoms with E-state index in [0.717, 1.165) is 0 Å². The predicted molar refractivity (Wildman–Crippen MR) is 49.7 cm³/mol. The molecule has 0 amide bonds. The average Bonchev–Trinajstić information content (AvgIpc) is 1.77. The van der Waals surface area contributed by atoms with Gasteiger partial charge in [0.05, 0.1) is 0 Å². The first kappa shape index (κ1) is 9.05. The molecule has 1 N–H and O–H groups in total. The molecule has 1 rings (SSSR count). The van der Waals surface area contributed by atoms with Crippen LogP contribution in [0.3, 0.4) is 0 Å². The van der Waals surface area contributed by atoms with Gasteiger partial charge in [-0.25, -0.2) is 0 Å². The van der Waals surface area contributed by atoms with Crippen molar-refractivity contribution in [1.29, 1.82) is 0 Å². The Hall–Kier alpha value is -0.0400. The van der Waals surface area contributed by atoms with Crippen LogP contribution in [0.15, 0.2) is 0 Å². The van der Waals surface area contributed by atoms with Crippen molar-refractivity contribution in [2.45, 2.75) is 52.5 Å². The third-order valence-electron chi connectivity index (χ3n) is 2.61. The van der Waals surface area contributed by atoms with Crippen molar-refractivity contribution >= 4 is 0 Å². The van der Waals surface area contributed by atoms with Crippen LogP contribution in [-0.2, 0) is 0 Å². The first-order chi connectivity index (χ1) is 4.91. The van der Waals surface area contributed by atoms with E-state index in [0.29, 0.717) is 11.0 Å². The Morgan fingerprint density at radius 2 is 1.82 bits per heavy atom. The van der Waals surface area contributed by atoms with E-state index in [4.69, 9.17) is 0 Å². The highest BCUT2D eigenvalue weighted by Gasteiger charge is 2.32. The van der Waals surface area contributed by atoms with Crippen LogP contribution in [0, 0.1) is 5.41 Å². The van der Waals surface area contributed by atoms with Gasteiger partial charge in [-0.05, 0) is 39.0 Å². The zero-order valence-corrected chi connectivity index (χ0v) is 8.33. The maximum absolute atomic E-state index is 3.56. The van der Waals surface area contributed by atoms with Crippen LogP contribution in [0.4, 0.5) is 0 Å². The molecular formula is C10H21N. The second-order valence-corrected chi connectivity index (χ2v) is 5.27. The fraction of sp³-hybridized carbons (Fsp3) is 1.00. The van der Waals surface area contributed by atoms with Crippen molar-refractivity contribution in [1.82, 2.24) is 5.32 Å². The number of hydrogen-bond donors (Lipinski definition) is 1. The molecule has 0 unspecified atom stereocenters. The number of nitrogens with one attached hydrogen (secondary N) is 1. The molecule has 0 saturated heterocycles. The molecule has 0 aromatic heterocycles. The maximum Gasteiger partial charge on any atom is 0.00967 e. The lowest BCUT2D eigenvalue weighted by Crippen LogP contribution is -2.45. The van der Waals surface area contributed by atoms with Crippen molar-refractivity contribution in [3.8, 4) is 0 Å². The lowest BCUT2D eigenvalue weighted by Gasteiger charge is -2.40. The standard InChI is InChI=1S/C10H21N/c1-9(2,3)11-8-10(4)6-5-7-10/h11H,5-8H2,1-4H3. The molecule has 0 atom stereocenters. The minimum Gasteiger partial charge on any atom is -0.312 e. The van der Waals surface area contributed by atoms with Crippen LogP contribution < -0.4 is 5.32 Å². The highest BCUT2D eigenvalue weighted by molar-refractivity contribution is 4.87. The van der Waals surface area contributed by atoms with E-state index < -0.39 is 0 Å². The Kier molecular flexibility index (Phi) is 2.29. The molecule has 1 heteroatoms. The summed E-state index contributed by atoms with van der Waals surface area (Å²) >= 11 is 0. The quantitative estimate of drug-likeness (QED) is 0.646. The number of hydrogen-bond acceptors (Lipinski definition) is 1. The molecule has 1 saturated carbocycles. The lowest BCUT2D eigenvalue weighted by molar-refractivity contribution is 0.143. The molecule has 11 heavy (non-hydrogen) atoms. The Labute approximate surface area is 70.6 Å². The van der Waals surface area contributed by atoms with Crippen LogP contribution in [0.25, 0.3) is 0 Å². The number of rotatable bonds is 2. The molecule has 0 bridgehead atoms. The first-order valence-electron chi connectivity index (χ1n) is 4.66. The highest BCUT2D eigenvalue weighted by atomic mass is 15.0. The lowest BCUT2D eigenvalue weighted by atomic mass is 9.70. The van der Waals surface area contributed by atoms with Crippen molar-refractivity contribution in [2.24, 2.45) is 5.41 Å². The van der Waals surface area contributed by atoms with Gasteiger partial charge in [0, 0.05) is 12.1 Å². The van der Waals surface area contributed by atoms with Crippen molar-refractivity contribution in [2.75, 3.05) is 6.54 Å². The normalized spacial score (nSPS) is 22.9. The van der Waals surface area contributed by atoms with Crippen LogP contribution in [0.1, 0.15) is 47.0 Å². The Balaban J connectivity index is 2.21. The zero-order chi connectivity index (χ0) is 8.54. The van der Waals surface area contributed by atoms with E-state index in [-0.39, 0.29) is 0 Å². The summed E-state index contributed by atoms with van der Waals surface area (Å²) < 4.78 is 0. The van der Waals surface area contributed by atoms with Gasteiger partial charge >= 0.3 is 0 Å². The van der Waals surface area contributed by atoms with Gasteiger partial charge in [0.15, 0.2) is 0 Å². The van der Waals surface area contributed by atoms with E-state index in [9.17, 15) is 0 Å². The minimum absolute atomic E-state index is 0.290. The van der Waals surface area contributed by atoms with E-state index in [1.165, 1.54) is 25.8 Å². The third-order valence-corrected chi connectivity index (χ3v) is 2.61. The maximum atomic E-state index is 3.56. The first-order valence-corrected chi connectivity index (χ1v) is 4.66. The molecule has 66 valence electrons. The third kappa shape index (κ3) is 2.82. The fourth-order valence-electron chi connectivity index (χ4n) is 1.44. The van der Waals surface area contributed by atoms with Gasteiger partial charge in [0.1, 0.15) is 0 Å².